The molecule has 7 nitrogen and oxygen atoms in total. The summed E-state index contributed by atoms with van der Waals surface area (Å²) in [7, 11) is 1.55. The van der Waals surface area contributed by atoms with Crippen LogP contribution in [-0.2, 0) is 19.6 Å². The first-order valence-electron chi connectivity index (χ1n) is 8.37. The lowest BCUT2D eigenvalue weighted by atomic mass is 10.1. The van der Waals surface area contributed by atoms with Gasteiger partial charge in [0, 0.05) is 23.4 Å². The quantitative estimate of drug-likeness (QED) is 0.765. The number of benzene rings is 1. The number of rotatable bonds is 4. The molecular formula is C19H17FN4O3. The van der Waals surface area contributed by atoms with Crippen molar-refractivity contribution >= 4 is 6.09 Å². The van der Waals surface area contributed by atoms with Crippen molar-refractivity contribution in [1.29, 1.82) is 0 Å². The van der Waals surface area contributed by atoms with Crippen LogP contribution >= 0.6 is 0 Å². The average Bonchev–Trinajstić information content (AvgIpc) is 3.21. The lowest BCUT2D eigenvalue weighted by Gasteiger charge is -2.14. The summed E-state index contributed by atoms with van der Waals surface area (Å²) in [5.41, 5.74) is 3.27. The minimum absolute atomic E-state index is 0.190. The summed E-state index contributed by atoms with van der Waals surface area (Å²) < 4.78 is 21.3. The molecule has 27 heavy (non-hydrogen) atoms. The van der Waals surface area contributed by atoms with Crippen LogP contribution in [0.2, 0.25) is 0 Å². The van der Waals surface area contributed by atoms with E-state index >= 15 is 0 Å². The van der Waals surface area contributed by atoms with Crippen LogP contribution in [0.3, 0.4) is 0 Å². The van der Waals surface area contributed by atoms with E-state index in [-0.39, 0.29) is 18.9 Å². The first kappa shape index (κ1) is 17.0. The van der Waals surface area contributed by atoms with Crippen molar-refractivity contribution in [3.63, 3.8) is 0 Å². The van der Waals surface area contributed by atoms with Crippen molar-refractivity contribution in [1.82, 2.24) is 19.7 Å². The second-order valence-electron chi connectivity index (χ2n) is 6.26. The number of hydrogen-bond acceptors (Lipinski definition) is 4. The van der Waals surface area contributed by atoms with Gasteiger partial charge >= 0.3 is 6.09 Å². The van der Waals surface area contributed by atoms with Gasteiger partial charge < -0.3 is 9.84 Å². The fourth-order valence-electron chi connectivity index (χ4n) is 3.27. The minimum Gasteiger partial charge on any atom is -0.481 e. The Labute approximate surface area is 154 Å². The lowest BCUT2D eigenvalue weighted by molar-refractivity contribution is 0.144. The van der Waals surface area contributed by atoms with Crippen molar-refractivity contribution < 1.29 is 19.0 Å². The highest BCUT2D eigenvalue weighted by molar-refractivity contribution is 5.71. The first-order valence-corrected chi connectivity index (χ1v) is 8.37. The summed E-state index contributed by atoms with van der Waals surface area (Å²) in [6.07, 6.45) is 0.665. The topological polar surface area (TPSA) is 80.5 Å². The van der Waals surface area contributed by atoms with Crippen molar-refractivity contribution in [3.8, 4) is 17.1 Å². The fourth-order valence-corrected chi connectivity index (χ4v) is 3.27. The number of carboxylic acid groups (broad SMARTS) is 1. The fraction of sp³-hybridized carbons (Fsp3) is 0.211. The van der Waals surface area contributed by atoms with Gasteiger partial charge in [-0.15, -0.1) is 0 Å². The largest absolute Gasteiger partial charge is 0.481 e. The predicted octanol–water partition coefficient (Wildman–Crippen LogP) is 3.13. The predicted molar refractivity (Wildman–Crippen MR) is 94.8 cm³/mol. The molecule has 4 rings (SSSR count). The van der Waals surface area contributed by atoms with Gasteiger partial charge in [-0.2, -0.15) is 5.10 Å². The third-order valence-electron chi connectivity index (χ3n) is 4.56. The number of hydrogen-bond donors (Lipinski definition) is 1. The summed E-state index contributed by atoms with van der Waals surface area (Å²) in [4.78, 5) is 16.8. The molecular weight excluding hydrogens is 351 g/mol. The molecule has 1 aliphatic rings. The van der Waals surface area contributed by atoms with Gasteiger partial charge in [-0.05, 0) is 17.7 Å². The van der Waals surface area contributed by atoms with Gasteiger partial charge in [-0.3, -0.25) is 9.58 Å². The number of methoxy groups -OCH3 is 1. The highest BCUT2D eigenvalue weighted by Crippen LogP contribution is 2.34. The third kappa shape index (κ3) is 3.10. The molecule has 0 fully saturated rings. The average molecular weight is 368 g/mol. The summed E-state index contributed by atoms with van der Waals surface area (Å²) in [5, 5.41) is 13.8. The summed E-state index contributed by atoms with van der Waals surface area (Å²) in [6, 6.07) is 10.1. The van der Waals surface area contributed by atoms with Gasteiger partial charge in [-0.1, -0.05) is 18.2 Å². The summed E-state index contributed by atoms with van der Waals surface area (Å²) in [6.45, 7) is 0.774. The van der Waals surface area contributed by atoms with Gasteiger partial charge in [0.15, 0.2) is 0 Å². The van der Waals surface area contributed by atoms with Gasteiger partial charge in [0.1, 0.15) is 5.82 Å². The van der Waals surface area contributed by atoms with Crippen LogP contribution in [0.25, 0.3) is 11.3 Å². The normalized spacial score (nSPS) is 12.9. The van der Waals surface area contributed by atoms with Crippen LogP contribution in [0.4, 0.5) is 9.18 Å². The minimum atomic E-state index is -1.02. The van der Waals surface area contributed by atoms with E-state index in [0.29, 0.717) is 29.4 Å². The molecule has 0 atom stereocenters. The molecule has 0 saturated heterocycles. The molecule has 0 bridgehead atoms. The zero-order chi connectivity index (χ0) is 19.0. The molecule has 0 saturated carbocycles. The van der Waals surface area contributed by atoms with E-state index in [1.165, 1.54) is 11.0 Å². The standard InChI is InChI=1S/C19H17FN4O3/c1-27-17-7-6-12(8-21-17)9-24-18(13-4-2-3-5-15(13)20)14-10-23(19(25)26)11-16(14)22-24/h2-8H,9-11H2,1H3,(H,25,26). The molecule has 0 aliphatic carbocycles. The zero-order valence-electron chi connectivity index (χ0n) is 14.6. The Morgan fingerprint density at radius 3 is 2.74 bits per heavy atom. The van der Waals surface area contributed by atoms with Gasteiger partial charge in [0.2, 0.25) is 5.88 Å². The Balaban J connectivity index is 1.77. The van der Waals surface area contributed by atoms with Crippen LogP contribution in [0, 0.1) is 5.82 Å². The maximum atomic E-state index is 14.5. The Morgan fingerprint density at radius 1 is 1.26 bits per heavy atom. The second-order valence-corrected chi connectivity index (χ2v) is 6.26. The highest BCUT2D eigenvalue weighted by atomic mass is 19.1. The lowest BCUT2D eigenvalue weighted by Crippen LogP contribution is -2.24. The molecule has 0 radical (unpaired) electrons. The number of nitrogens with zero attached hydrogens (tertiary/aromatic N) is 4. The number of aromatic nitrogens is 3. The Kier molecular flexibility index (Phi) is 4.23. The molecule has 3 heterocycles. The van der Waals surface area contributed by atoms with E-state index in [0.717, 1.165) is 11.1 Å². The van der Waals surface area contributed by atoms with Crippen LogP contribution in [0.15, 0.2) is 42.6 Å². The van der Waals surface area contributed by atoms with E-state index < -0.39 is 6.09 Å². The van der Waals surface area contributed by atoms with Crippen molar-refractivity contribution in [2.75, 3.05) is 7.11 Å². The van der Waals surface area contributed by atoms with Crippen LogP contribution < -0.4 is 4.74 Å². The number of ether oxygens (including phenoxy) is 1. The summed E-state index contributed by atoms with van der Waals surface area (Å²) in [5.74, 6) is 0.135. The number of fused-ring (bicyclic) bond motifs is 1. The molecule has 0 unspecified atom stereocenters. The van der Waals surface area contributed by atoms with Crippen LogP contribution in [-0.4, -0.2) is 38.0 Å². The molecule has 138 valence electrons. The Hall–Kier alpha value is -3.42. The van der Waals surface area contributed by atoms with Gasteiger partial charge in [-0.25, -0.2) is 14.2 Å². The molecule has 1 amide bonds. The van der Waals surface area contributed by atoms with Crippen molar-refractivity contribution in [3.05, 3.63) is 65.2 Å². The molecule has 3 aromatic rings. The maximum absolute atomic E-state index is 14.5. The molecule has 1 aromatic carbocycles. The maximum Gasteiger partial charge on any atom is 0.407 e. The Bertz CT molecular complexity index is 1000. The van der Waals surface area contributed by atoms with E-state index in [9.17, 15) is 14.3 Å². The molecule has 8 heteroatoms. The van der Waals surface area contributed by atoms with Crippen molar-refractivity contribution in [2.45, 2.75) is 19.6 Å². The smallest absolute Gasteiger partial charge is 0.407 e. The van der Waals surface area contributed by atoms with Gasteiger partial charge in [0.25, 0.3) is 0 Å². The van der Waals surface area contributed by atoms with Crippen LogP contribution in [0.1, 0.15) is 16.8 Å². The Morgan fingerprint density at radius 2 is 2.07 bits per heavy atom. The van der Waals surface area contributed by atoms with Gasteiger partial charge in [0.05, 0.1) is 38.1 Å². The third-order valence-corrected chi connectivity index (χ3v) is 4.56. The van der Waals surface area contributed by atoms with E-state index in [4.69, 9.17) is 4.74 Å². The number of halogens is 1. The monoisotopic (exact) mass is 368 g/mol. The molecule has 2 aromatic heterocycles. The molecule has 0 spiro atoms. The van der Waals surface area contributed by atoms with E-state index in [1.807, 2.05) is 6.07 Å². The molecule has 1 aliphatic heterocycles. The molecule has 1 N–H and O–H groups in total. The van der Waals surface area contributed by atoms with Crippen molar-refractivity contribution in [2.24, 2.45) is 0 Å². The second kappa shape index (κ2) is 6.71. The number of amides is 1. The summed E-state index contributed by atoms with van der Waals surface area (Å²) >= 11 is 0. The number of pyridine rings is 1. The SMILES string of the molecule is COc1ccc(Cn2nc3c(c2-c2ccccc2F)CN(C(=O)O)C3)cn1. The van der Waals surface area contributed by atoms with E-state index in [1.54, 1.807) is 42.3 Å². The highest BCUT2D eigenvalue weighted by Gasteiger charge is 2.31. The zero-order valence-corrected chi connectivity index (χ0v) is 14.6. The van der Waals surface area contributed by atoms with E-state index in [2.05, 4.69) is 10.1 Å². The van der Waals surface area contributed by atoms with Crippen LogP contribution in [0.5, 0.6) is 5.88 Å². The first-order chi connectivity index (χ1) is 13.1. The number of carbonyl (C=O) groups is 1.